The van der Waals surface area contributed by atoms with E-state index in [0.29, 0.717) is 5.11 Å². The van der Waals surface area contributed by atoms with Crippen LogP contribution in [0.15, 0.2) is 53.3 Å². The fraction of sp³-hybridized carbons (Fsp3) is 0.409. The van der Waals surface area contributed by atoms with E-state index in [2.05, 4.69) is 120 Å². The molecule has 158 valence electrons. The molecule has 0 bridgehead atoms. The summed E-state index contributed by atoms with van der Waals surface area (Å²) in [5, 5.41) is 5.17. The number of hydrogen-bond donors (Lipinski definition) is 1. The molecule has 0 atom stereocenters. The number of rotatable bonds is 8. The van der Waals surface area contributed by atoms with Crippen LogP contribution in [0, 0.1) is 10.5 Å². The molecule has 2 aromatic rings. The van der Waals surface area contributed by atoms with Crippen LogP contribution in [0.25, 0.3) is 0 Å². The van der Waals surface area contributed by atoms with E-state index in [1.54, 1.807) is 0 Å². The van der Waals surface area contributed by atoms with E-state index in [0.717, 1.165) is 31.9 Å². The van der Waals surface area contributed by atoms with Gasteiger partial charge in [0.1, 0.15) is 7.36 Å². The SMILES string of the molecule is CCN(CC)P(=NC(=S)Nc1ccc(I)c(C)c1)(c1ccccc1)N(CC)CC. The quantitative estimate of drug-likeness (QED) is 0.240. The Labute approximate surface area is 195 Å². The third-order valence-electron chi connectivity index (χ3n) is 4.99. The fourth-order valence-corrected chi connectivity index (χ4v) is 8.18. The summed E-state index contributed by atoms with van der Waals surface area (Å²) >= 11 is 8.13. The van der Waals surface area contributed by atoms with Crippen LogP contribution in [0.2, 0.25) is 0 Å². The van der Waals surface area contributed by atoms with Crippen molar-refractivity contribution in [2.45, 2.75) is 34.6 Å². The highest BCUT2D eigenvalue weighted by molar-refractivity contribution is 14.1. The average Bonchev–Trinajstić information content (AvgIpc) is 2.72. The zero-order valence-corrected chi connectivity index (χ0v) is 21.9. The molecule has 0 saturated carbocycles. The summed E-state index contributed by atoms with van der Waals surface area (Å²) in [4.78, 5) is 0. The third kappa shape index (κ3) is 5.67. The van der Waals surface area contributed by atoms with Crippen molar-refractivity contribution >= 4 is 58.3 Å². The molecule has 0 radical (unpaired) electrons. The maximum atomic E-state index is 5.79. The Morgan fingerprint density at radius 3 is 2.00 bits per heavy atom. The van der Waals surface area contributed by atoms with Gasteiger partial charge in [-0.05, 0) is 65.5 Å². The lowest BCUT2D eigenvalue weighted by molar-refractivity contribution is 0.421. The van der Waals surface area contributed by atoms with Gasteiger partial charge in [-0.15, -0.1) is 0 Å². The lowest BCUT2D eigenvalue weighted by Crippen LogP contribution is -2.38. The monoisotopic (exact) mass is 542 g/mol. The van der Waals surface area contributed by atoms with Crippen LogP contribution in [0.5, 0.6) is 0 Å². The Morgan fingerprint density at radius 2 is 1.52 bits per heavy atom. The van der Waals surface area contributed by atoms with Gasteiger partial charge in [0.15, 0.2) is 5.11 Å². The van der Waals surface area contributed by atoms with Crippen LogP contribution < -0.4 is 10.6 Å². The van der Waals surface area contributed by atoms with Gasteiger partial charge in [0.2, 0.25) is 0 Å². The predicted molar refractivity (Wildman–Crippen MR) is 141 cm³/mol. The molecule has 0 aromatic heterocycles. The number of hydrogen-bond acceptors (Lipinski definition) is 1. The van der Waals surface area contributed by atoms with Crippen molar-refractivity contribution in [1.29, 1.82) is 0 Å². The van der Waals surface area contributed by atoms with E-state index in [4.69, 9.17) is 17.0 Å². The number of halogens is 1. The van der Waals surface area contributed by atoms with Gasteiger partial charge in [-0.25, -0.2) is 4.74 Å². The number of nitrogens with zero attached hydrogens (tertiary/aromatic N) is 3. The van der Waals surface area contributed by atoms with Crippen molar-refractivity contribution in [2.75, 3.05) is 31.5 Å². The van der Waals surface area contributed by atoms with Gasteiger partial charge in [0, 0.05) is 40.7 Å². The average molecular weight is 542 g/mol. The molecule has 0 aliphatic heterocycles. The maximum Gasteiger partial charge on any atom is 0.198 e. The molecular weight excluding hydrogens is 510 g/mol. The summed E-state index contributed by atoms with van der Waals surface area (Å²) in [5.41, 5.74) is 2.22. The second-order valence-electron chi connectivity index (χ2n) is 6.68. The van der Waals surface area contributed by atoms with Crippen LogP contribution in [0.1, 0.15) is 33.3 Å². The molecule has 29 heavy (non-hydrogen) atoms. The van der Waals surface area contributed by atoms with E-state index in [1.165, 1.54) is 14.4 Å². The largest absolute Gasteiger partial charge is 0.331 e. The number of benzene rings is 2. The first-order valence-electron chi connectivity index (χ1n) is 10.2. The highest BCUT2D eigenvalue weighted by Gasteiger charge is 2.34. The van der Waals surface area contributed by atoms with Gasteiger partial charge in [-0.3, -0.25) is 9.34 Å². The van der Waals surface area contributed by atoms with Gasteiger partial charge in [0.25, 0.3) is 0 Å². The molecule has 2 rings (SSSR count). The summed E-state index contributed by atoms with van der Waals surface area (Å²) in [6.07, 6.45) is 0. The number of anilines is 1. The van der Waals surface area contributed by atoms with Crippen molar-refractivity contribution in [3.8, 4) is 0 Å². The van der Waals surface area contributed by atoms with Gasteiger partial charge < -0.3 is 5.32 Å². The Morgan fingerprint density at radius 1 is 0.966 bits per heavy atom. The second-order valence-corrected chi connectivity index (χ2v) is 11.2. The van der Waals surface area contributed by atoms with Crippen molar-refractivity contribution in [3.63, 3.8) is 0 Å². The molecule has 0 amide bonds. The standard InChI is InChI=1S/C22H32IN4PS/c1-6-26(7-2)28(27(8-3)9-4,20-13-11-10-12-14-20)25-22(29)24-19-15-16-21(23)18(5)17-19/h10-17H,6-9H2,1-5H3,(H,24,29). The molecule has 0 unspecified atom stereocenters. The van der Waals surface area contributed by atoms with Gasteiger partial charge >= 0.3 is 0 Å². The molecule has 0 fully saturated rings. The number of nitrogens with one attached hydrogen (secondary N) is 1. The van der Waals surface area contributed by atoms with Crippen LogP contribution in [-0.2, 0) is 0 Å². The number of thiocarbonyl (C=S) groups is 1. The minimum atomic E-state index is -2.20. The van der Waals surface area contributed by atoms with E-state index in [1.807, 2.05) is 0 Å². The molecule has 4 nitrogen and oxygen atoms in total. The van der Waals surface area contributed by atoms with E-state index < -0.39 is 7.36 Å². The Kier molecular flexibility index (Phi) is 9.76. The molecule has 0 aliphatic carbocycles. The molecule has 0 spiro atoms. The molecule has 7 heteroatoms. The van der Waals surface area contributed by atoms with Crippen LogP contribution in [0.4, 0.5) is 5.69 Å². The van der Waals surface area contributed by atoms with Crippen molar-refractivity contribution in [3.05, 3.63) is 57.7 Å². The fourth-order valence-electron chi connectivity index (χ4n) is 3.55. The lowest BCUT2D eigenvalue weighted by atomic mass is 10.2. The third-order valence-corrected chi connectivity index (χ3v) is 10.7. The first kappa shape index (κ1) is 24.5. The molecule has 1 N–H and O–H groups in total. The molecule has 0 aliphatic rings. The molecule has 0 heterocycles. The minimum absolute atomic E-state index is 0.543. The van der Waals surface area contributed by atoms with Gasteiger partial charge in [-0.2, -0.15) is 0 Å². The van der Waals surface area contributed by atoms with Crippen LogP contribution in [-0.4, -0.2) is 40.6 Å². The second kappa shape index (κ2) is 11.6. The number of aryl methyl sites for hydroxylation is 1. The van der Waals surface area contributed by atoms with Crippen molar-refractivity contribution in [1.82, 2.24) is 9.34 Å². The minimum Gasteiger partial charge on any atom is -0.331 e. The summed E-state index contributed by atoms with van der Waals surface area (Å²) in [7, 11) is -2.20. The summed E-state index contributed by atoms with van der Waals surface area (Å²) in [6.45, 7) is 14.6. The Balaban J connectivity index is 2.63. The normalized spacial score (nSPS) is 11.7. The predicted octanol–water partition coefficient (Wildman–Crippen LogP) is 6.34. The topological polar surface area (TPSA) is 30.9 Å². The van der Waals surface area contributed by atoms with Crippen molar-refractivity contribution in [2.24, 2.45) is 4.74 Å². The highest BCUT2D eigenvalue weighted by Crippen LogP contribution is 2.55. The smallest absolute Gasteiger partial charge is 0.198 e. The first-order valence-corrected chi connectivity index (χ1v) is 13.3. The van der Waals surface area contributed by atoms with E-state index in [9.17, 15) is 0 Å². The lowest BCUT2D eigenvalue weighted by Gasteiger charge is -2.43. The molecule has 0 saturated heterocycles. The Hall–Kier alpha value is -0.790. The van der Waals surface area contributed by atoms with E-state index in [-0.39, 0.29) is 0 Å². The highest BCUT2D eigenvalue weighted by atomic mass is 127. The molecule has 2 aromatic carbocycles. The summed E-state index contributed by atoms with van der Waals surface area (Å²) in [6, 6.07) is 17.0. The zero-order chi connectivity index (χ0) is 21.4. The van der Waals surface area contributed by atoms with Crippen molar-refractivity contribution < 1.29 is 0 Å². The maximum absolute atomic E-state index is 5.79. The molecular formula is C22H32IN4PS. The van der Waals surface area contributed by atoms with Gasteiger partial charge in [0.05, 0.1) is 0 Å². The van der Waals surface area contributed by atoms with Gasteiger partial charge in [-0.1, -0.05) is 58.0 Å². The van der Waals surface area contributed by atoms with Crippen LogP contribution in [0.3, 0.4) is 0 Å². The zero-order valence-electron chi connectivity index (χ0n) is 18.0. The first-order chi connectivity index (χ1) is 13.9. The van der Waals surface area contributed by atoms with E-state index >= 15 is 0 Å². The Bertz CT molecular complexity index is 848. The summed E-state index contributed by atoms with van der Waals surface area (Å²) in [5.74, 6) is 0. The summed E-state index contributed by atoms with van der Waals surface area (Å²) < 4.78 is 11.5. The van der Waals surface area contributed by atoms with Crippen LogP contribution >= 0.6 is 42.2 Å².